The minimum Gasteiger partial charge on any atom is -0.362 e. The lowest BCUT2D eigenvalue weighted by Crippen LogP contribution is -2.07. The summed E-state index contributed by atoms with van der Waals surface area (Å²) in [4.78, 5) is 0. The van der Waals surface area contributed by atoms with Crippen molar-refractivity contribution in [3.05, 3.63) is 35.4 Å². The van der Waals surface area contributed by atoms with E-state index in [0.29, 0.717) is 0 Å². The topological polar surface area (TPSA) is 33.0 Å². The highest BCUT2D eigenvalue weighted by Crippen LogP contribution is 2.31. The molecule has 1 unspecified atom stereocenters. The van der Waals surface area contributed by atoms with Crippen LogP contribution >= 0.6 is 0 Å². The molecular formula is C10H8F3NO. The predicted molar refractivity (Wildman–Crippen MR) is 46.8 cm³/mol. The number of rotatable bonds is 2. The molecule has 0 saturated heterocycles. The second-order valence-corrected chi connectivity index (χ2v) is 2.87. The van der Waals surface area contributed by atoms with E-state index in [1.54, 1.807) is 6.07 Å². The zero-order valence-corrected chi connectivity index (χ0v) is 7.88. The molecule has 0 N–H and O–H groups in total. The summed E-state index contributed by atoms with van der Waals surface area (Å²) in [5.74, 6) is 0. The second-order valence-electron chi connectivity index (χ2n) is 2.87. The maximum Gasteiger partial charge on any atom is 0.416 e. The average molecular weight is 215 g/mol. The van der Waals surface area contributed by atoms with E-state index in [0.717, 1.165) is 12.1 Å². The third kappa shape index (κ3) is 2.70. The van der Waals surface area contributed by atoms with Gasteiger partial charge in [-0.25, -0.2) is 0 Å². The van der Waals surface area contributed by atoms with Crippen molar-refractivity contribution >= 4 is 0 Å². The molecule has 0 aliphatic heterocycles. The van der Waals surface area contributed by atoms with Gasteiger partial charge in [-0.05, 0) is 17.7 Å². The Morgan fingerprint density at radius 1 is 1.40 bits per heavy atom. The highest BCUT2D eigenvalue weighted by Gasteiger charge is 2.30. The lowest BCUT2D eigenvalue weighted by Gasteiger charge is -2.11. The summed E-state index contributed by atoms with van der Waals surface area (Å²) in [6, 6.07) is 6.30. The van der Waals surface area contributed by atoms with E-state index < -0.39 is 17.8 Å². The number of nitriles is 1. The van der Waals surface area contributed by atoms with Gasteiger partial charge in [-0.1, -0.05) is 12.1 Å². The molecule has 1 atom stereocenters. The van der Waals surface area contributed by atoms with Gasteiger partial charge in [0, 0.05) is 7.11 Å². The molecule has 0 spiro atoms. The Kier molecular flexibility index (Phi) is 3.32. The van der Waals surface area contributed by atoms with Crippen molar-refractivity contribution in [2.24, 2.45) is 0 Å². The van der Waals surface area contributed by atoms with Crippen molar-refractivity contribution in [3.63, 3.8) is 0 Å². The third-order valence-corrected chi connectivity index (χ3v) is 1.87. The van der Waals surface area contributed by atoms with Crippen LogP contribution in [0.2, 0.25) is 0 Å². The van der Waals surface area contributed by atoms with Gasteiger partial charge in [0.25, 0.3) is 0 Å². The molecule has 15 heavy (non-hydrogen) atoms. The first-order chi connectivity index (χ1) is 6.99. The van der Waals surface area contributed by atoms with Crippen LogP contribution in [0.15, 0.2) is 24.3 Å². The molecule has 5 heteroatoms. The van der Waals surface area contributed by atoms with Gasteiger partial charge < -0.3 is 4.74 Å². The van der Waals surface area contributed by atoms with Gasteiger partial charge in [-0.15, -0.1) is 0 Å². The van der Waals surface area contributed by atoms with E-state index in [9.17, 15) is 13.2 Å². The molecule has 0 saturated carbocycles. The summed E-state index contributed by atoms with van der Waals surface area (Å²) in [6.07, 6.45) is -5.36. The first-order valence-electron chi connectivity index (χ1n) is 4.08. The van der Waals surface area contributed by atoms with Gasteiger partial charge in [-0.3, -0.25) is 0 Å². The fourth-order valence-electron chi connectivity index (χ4n) is 1.14. The third-order valence-electron chi connectivity index (χ3n) is 1.87. The monoisotopic (exact) mass is 215 g/mol. The van der Waals surface area contributed by atoms with Gasteiger partial charge in [-0.2, -0.15) is 18.4 Å². The first-order valence-corrected chi connectivity index (χ1v) is 4.08. The largest absolute Gasteiger partial charge is 0.416 e. The van der Waals surface area contributed by atoms with Gasteiger partial charge in [0.1, 0.15) is 0 Å². The van der Waals surface area contributed by atoms with Crippen molar-refractivity contribution in [1.82, 2.24) is 0 Å². The second kappa shape index (κ2) is 4.32. The number of hydrogen-bond acceptors (Lipinski definition) is 2. The van der Waals surface area contributed by atoms with E-state index in [1.807, 2.05) is 0 Å². The maximum absolute atomic E-state index is 12.3. The fraction of sp³-hybridized carbons (Fsp3) is 0.300. The van der Waals surface area contributed by atoms with Crippen LogP contribution in [0.1, 0.15) is 17.2 Å². The molecule has 0 aliphatic carbocycles. The molecule has 0 bridgehead atoms. The van der Waals surface area contributed by atoms with Crippen molar-refractivity contribution in [2.75, 3.05) is 7.11 Å². The summed E-state index contributed by atoms with van der Waals surface area (Å²) < 4.78 is 41.7. The summed E-state index contributed by atoms with van der Waals surface area (Å²) in [5.41, 5.74) is -0.577. The smallest absolute Gasteiger partial charge is 0.362 e. The number of alkyl halides is 3. The molecule has 0 aliphatic rings. The number of methoxy groups -OCH3 is 1. The highest BCUT2D eigenvalue weighted by molar-refractivity contribution is 5.29. The Bertz CT molecular complexity index is 381. The summed E-state index contributed by atoms with van der Waals surface area (Å²) in [5, 5.41) is 8.62. The normalized spacial score (nSPS) is 13.3. The van der Waals surface area contributed by atoms with Gasteiger partial charge >= 0.3 is 6.18 Å². The van der Waals surface area contributed by atoms with Crippen molar-refractivity contribution in [3.8, 4) is 6.07 Å². The van der Waals surface area contributed by atoms with Crippen molar-refractivity contribution < 1.29 is 17.9 Å². The van der Waals surface area contributed by atoms with Gasteiger partial charge in [0.05, 0.1) is 11.6 Å². The number of ether oxygens (including phenoxy) is 1. The molecule has 1 aromatic carbocycles. The zero-order chi connectivity index (χ0) is 11.5. The Morgan fingerprint density at radius 2 is 2.07 bits per heavy atom. The van der Waals surface area contributed by atoms with Crippen molar-refractivity contribution in [1.29, 1.82) is 5.26 Å². The number of benzene rings is 1. The molecule has 1 aromatic rings. The Balaban J connectivity index is 3.09. The van der Waals surface area contributed by atoms with Crippen LogP contribution in [-0.2, 0) is 10.9 Å². The maximum atomic E-state index is 12.3. The molecule has 0 radical (unpaired) electrons. The van der Waals surface area contributed by atoms with Gasteiger partial charge in [0.2, 0.25) is 0 Å². The molecular weight excluding hydrogens is 207 g/mol. The van der Waals surface area contributed by atoms with Crippen LogP contribution in [0.3, 0.4) is 0 Å². The van der Waals surface area contributed by atoms with Crippen LogP contribution in [0.5, 0.6) is 0 Å². The van der Waals surface area contributed by atoms with Crippen LogP contribution in [-0.4, -0.2) is 7.11 Å². The molecule has 0 heterocycles. The molecule has 0 fully saturated rings. The molecule has 0 aromatic heterocycles. The minimum atomic E-state index is -4.40. The van der Waals surface area contributed by atoms with Crippen molar-refractivity contribution in [2.45, 2.75) is 12.3 Å². The lowest BCUT2D eigenvalue weighted by atomic mass is 10.1. The van der Waals surface area contributed by atoms with E-state index in [1.165, 1.54) is 19.2 Å². The van der Waals surface area contributed by atoms with Crippen LogP contribution in [0.4, 0.5) is 13.2 Å². The number of halogens is 3. The molecule has 2 nitrogen and oxygen atoms in total. The van der Waals surface area contributed by atoms with Crippen LogP contribution < -0.4 is 0 Å². The van der Waals surface area contributed by atoms with Crippen LogP contribution in [0.25, 0.3) is 0 Å². The first kappa shape index (κ1) is 11.5. The quantitative estimate of drug-likeness (QED) is 0.759. The average Bonchev–Trinajstić information content (AvgIpc) is 2.19. The van der Waals surface area contributed by atoms with Crippen LogP contribution in [0, 0.1) is 11.3 Å². The highest BCUT2D eigenvalue weighted by atomic mass is 19.4. The number of nitrogens with zero attached hydrogens (tertiary/aromatic N) is 1. The van der Waals surface area contributed by atoms with E-state index in [2.05, 4.69) is 0 Å². The zero-order valence-electron chi connectivity index (χ0n) is 7.88. The van der Waals surface area contributed by atoms with E-state index in [-0.39, 0.29) is 5.56 Å². The molecule has 1 rings (SSSR count). The lowest BCUT2D eigenvalue weighted by molar-refractivity contribution is -0.137. The Hall–Kier alpha value is -1.54. The molecule has 0 amide bonds. The SMILES string of the molecule is COC(C#N)c1cccc(C(F)(F)F)c1. The summed E-state index contributed by atoms with van der Waals surface area (Å²) in [7, 11) is 1.27. The Morgan fingerprint density at radius 3 is 2.53 bits per heavy atom. The van der Waals surface area contributed by atoms with E-state index >= 15 is 0 Å². The minimum absolute atomic E-state index is 0.204. The predicted octanol–water partition coefficient (Wildman–Crippen LogP) is 2.92. The Labute approximate surface area is 84.9 Å². The standard InChI is InChI=1S/C10H8F3NO/c1-15-9(6-14)7-3-2-4-8(5-7)10(11,12)13/h2-5,9H,1H3. The van der Waals surface area contributed by atoms with E-state index in [4.69, 9.17) is 10.00 Å². The summed E-state index contributed by atoms with van der Waals surface area (Å²) in [6.45, 7) is 0. The molecule has 80 valence electrons. The summed E-state index contributed by atoms with van der Waals surface area (Å²) >= 11 is 0. The number of hydrogen-bond donors (Lipinski definition) is 0. The fourth-order valence-corrected chi connectivity index (χ4v) is 1.14. The van der Waals surface area contributed by atoms with Gasteiger partial charge in [0.15, 0.2) is 6.10 Å².